The lowest BCUT2D eigenvalue weighted by atomic mass is 9.97. The minimum Gasteiger partial charge on any atom is -0.380 e. The maximum absolute atomic E-state index is 3.72. The van der Waals surface area contributed by atoms with E-state index in [1.54, 1.807) is 0 Å². The molecule has 0 aromatic heterocycles. The second-order valence-corrected chi connectivity index (χ2v) is 8.07. The van der Waals surface area contributed by atoms with Crippen LogP contribution >= 0.6 is 47.8 Å². The van der Waals surface area contributed by atoms with Gasteiger partial charge in [0.25, 0.3) is 0 Å². The number of piperidine rings is 1. The van der Waals surface area contributed by atoms with E-state index in [9.17, 15) is 0 Å². The van der Waals surface area contributed by atoms with Crippen LogP contribution in [-0.2, 0) is 0 Å². The number of nitrogens with one attached hydrogen (secondary N) is 1. The predicted molar refractivity (Wildman–Crippen MR) is 90.8 cm³/mol. The lowest BCUT2D eigenvalue weighted by molar-refractivity contribution is 0.188. The van der Waals surface area contributed by atoms with Gasteiger partial charge in [-0.2, -0.15) is 0 Å². The van der Waals surface area contributed by atoms with Crippen LogP contribution in [0.4, 0.5) is 5.69 Å². The molecule has 2 atom stereocenters. The van der Waals surface area contributed by atoms with Crippen molar-refractivity contribution in [1.29, 1.82) is 0 Å². The minimum atomic E-state index is 0.591. The fraction of sp³-hybridized carbons (Fsp3) is 0.571. The molecular weight excluding hydrogens is 436 g/mol. The van der Waals surface area contributed by atoms with Gasteiger partial charge in [0.15, 0.2) is 0 Å². The SMILES string of the molecule is Brc1cc(Br)c(NC2CCN3CCCC3C2)c(Br)c1. The maximum atomic E-state index is 3.72. The summed E-state index contributed by atoms with van der Waals surface area (Å²) >= 11 is 10.8. The summed E-state index contributed by atoms with van der Waals surface area (Å²) in [5.74, 6) is 0. The molecular formula is C14H17Br3N2. The molecule has 0 aliphatic carbocycles. The van der Waals surface area contributed by atoms with Crippen LogP contribution in [0.3, 0.4) is 0 Å². The van der Waals surface area contributed by atoms with Crippen molar-refractivity contribution in [3.63, 3.8) is 0 Å². The van der Waals surface area contributed by atoms with E-state index in [4.69, 9.17) is 0 Å². The Balaban J connectivity index is 1.72. The monoisotopic (exact) mass is 450 g/mol. The molecule has 1 aromatic carbocycles. The maximum Gasteiger partial charge on any atom is 0.0631 e. The number of nitrogens with zero attached hydrogens (tertiary/aromatic N) is 1. The normalized spacial score (nSPS) is 27.3. The zero-order valence-corrected chi connectivity index (χ0v) is 15.4. The Kier molecular flexibility index (Phi) is 4.57. The van der Waals surface area contributed by atoms with Gasteiger partial charge in [-0.25, -0.2) is 0 Å². The van der Waals surface area contributed by atoms with E-state index in [-0.39, 0.29) is 0 Å². The predicted octanol–water partition coefficient (Wildman–Crippen LogP) is 5.01. The number of rotatable bonds is 2. The molecule has 0 radical (unpaired) electrons. The molecule has 5 heteroatoms. The fourth-order valence-electron chi connectivity index (χ4n) is 3.24. The van der Waals surface area contributed by atoms with E-state index in [0.29, 0.717) is 6.04 Å². The molecule has 1 N–H and O–H groups in total. The largest absolute Gasteiger partial charge is 0.380 e. The number of fused-ring (bicyclic) bond motifs is 1. The van der Waals surface area contributed by atoms with Crippen molar-refractivity contribution in [3.05, 3.63) is 25.6 Å². The quantitative estimate of drug-likeness (QED) is 0.678. The third kappa shape index (κ3) is 3.20. The Morgan fingerprint density at radius 1 is 1.05 bits per heavy atom. The molecule has 0 bridgehead atoms. The van der Waals surface area contributed by atoms with Crippen molar-refractivity contribution >= 4 is 53.5 Å². The van der Waals surface area contributed by atoms with Gasteiger partial charge < -0.3 is 10.2 Å². The Morgan fingerprint density at radius 2 is 1.79 bits per heavy atom. The zero-order valence-electron chi connectivity index (χ0n) is 10.6. The molecule has 3 rings (SSSR count). The highest BCUT2D eigenvalue weighted by Gasteiger charge is 2.31. The van der Waals surface area contributed by atoms with Crippen LogP contribution in [-0.4, -0.2) is 30.1 Å². The lowest BCUT2D eigenvalue weighted by Crippen LogP contribution is -2.42. The summed E-state index contributed by atoms with van der Waals surface area (Å²) in [5, 5.41) is 3.72. The van der Waals surface area contributed by atoms with E-state index in [2.05, 4.69) is 70.1 Å². The summed E-state index contributed by atoms with van der Waals surface area (Å²) in [4.78, 5) is 2.66. The summed E-state index contributed by atoms with van der Waals surface area (Å²) < 4.78 is 3.31. The Morgan fingerprint density at radius 3 is 2.53 bits per heavy atom. The van der Waals surface area contributed by atoms with Crippen LogP contribution < -0.4 is 5.32 Å². The van der Waals surface area contributed by atoms with E-state index < -0.39 is 0 Å². The number of halogens is 3. The van der Waals surface area contributed by atoms with E-state index in [1.807, 2.05) is 0 Å². The molecule has 2 saturated heterocycles. The second-order valence-electron chi connectivity index (χ2n) is 5.44. The van der Waals surface area contributed by atoms with Gasteiger partial charge in [0.05, 0.1) is 5.69 Å². The summed E-state index contributed by atoms with van der Waals surface area (Å²) in [7, 11) is 0. The van der Waals surface area contributed by atoms with Crippen molar-refractivity contribution in [2.75, 3.05) is 18.4 Å². The molecule has 2 aliphatic heterocycles. The third-order valence-electron chi connectivity index (χ3n) is 4.18. The standard InChI is InChI=1S/C14H17Br3N2/c15-9-6-12(16)14(13(17)7-9)18-10-3-5-19-4-1-2-11(19)8-10/h6-7,10-11,18H,1-5,8H2. The zero-order chi connectivity index (χ0) is 13.4. The first-order valence-corrected chi connectivity index (χ1v) is 9.16. The molecule has 2 heterocycles. The number of hydrogen-bond acceptors (Lipinski definition) is 2. The third-order valence-corrected chi connectivity index (χ3v) is 5.88. The molecule has 104 valence electrons. The average Bonchev–Trinajstić information content (AvgIpc) is 2.81. The first kappa shape index (κ1) is 14.4. The van der Waals surface area contributed by atoms with Crippen LogP contribution in [0.5, 0.6) is 0 Å². The lowest BCUT2D eigenvalue weighted by Gasteiger charge is -2.36. The van der Waals surface area contributed by atoms with E-state index >= 15 is 0 Å². The van der Waals surface area contributed by atoms with Crippen LogP contribution in [0.25, 0.3) is 0 Å². The van der Waals surface area contributed by atoms with Gasteiger partial charge in [-0.1, -0.05) is 15.9 Å². The molecule has 0 amide bonds. The molecule has 0 saturated carbocycles. The summed E-state index contributed by atoms with van der Waals surface area (Å²) in [6.45, 7) is 2.55. The van der Waals surface area contributed by atoms with E-state index in [0.717, 1.165) is 19.5 Å². The van der Waals surface area contributed by atoms with Crippen LogP contribution in [0.15, 0.2) is 25.6 Å². The van der Waals surface area contributed by atoms with Gasteiger partial charge in [-0.05, 0) is 76.2 Å². The Hall–Kier alpha value is 0.420. The van der Waals surface area contributed by atoms with Crippen molar-refractivity contribution < 1.29 is 0 Å². The molecule has 19 heavy (non-hydrogen) atoms. The second kappa shape index (κ2) is 6.04. The number of anilines is 1. The molecule has 2 aliphatic rings. The molecule has 2 nitrogen and oxygen atoms in total. The molecule has 2 unspecified atom stereocenters. The van der Waals surface area contributed by atoms with Crippen molar-refractivity contribution in [1.82, 2.24) is 4.90 Å². The topological polar surface area (TPSA) is 15.3 Å². The Bertz CT molecular complexity index is 455. The highest BCUT2D eigenvalue weighted by Crippen LogP contribution is 2.36. The number of benzene rings is 1. The van der Waals surface area contributed by atoms with Gasteiger partial charge in [0.2, 0.25) is 0 Å². The smallest absolute Gasteiger partial charge is 0.0631 e. The molecule has 2 fully saturated rings. The summed E-state index contributed by atoms with van der Waals surface area (Å²) in [5.41, 5.74) is 1.18. The molecule has 0 spiro atoms. The minimum absolute atomic E-state index is 0.591. The van der Waals surface area contributed by atoms with Crippen LogP contribution in [0.1, 0.15) is 25.7 Å². The van der Waals surface area contributed by atoms with Gasteiger partial charge in [-0.3, -0.25) is 0 Å². The Labute approximate surface area is 139 Å². The summed E-state index contributed by atoms with van der Waals surface area (Å²) in [6.07, 6.45) is 5.27. The number of hydrogen-bond donors (Lipinski definition) is 1. The highest BCUT2D eigenvalue weighted by atomic mass is 79.9. The van der Waals surface area contributed by atoms with Gasteiger partial charge >= 0.3 is 0 Å². The first-order chi connectivity index (χ1) is 9.13. The fourth-order valence-corrected chi connectivity index (χ4v) is 5.73. The van der Waals surface area contributed by atoms with Crippen molar-refractivity contribution in [2.45, 2.75) is 37.8 Å². The average molecular weight is 453 g/mol. The van der Waals surface area contributed by atoms with Crippen molar-refractivity contribution in [3.8, 4) is 0 Å². The first-order valence-electron chi connectivity index (χ1n) is 6.78. The summed E-state index contributed by atoms with van der Waals surface area (Å²) in [6, 6.07) is 5.59. The van der Waals surface area contributed by atoms with Crippen molar-refractivity contribution in [2.24, 2.45) is 0 Å². The van der Waals surface area contributed by atoms with Crippen LogP contribution in [0, 0.1) is 0 Å². The van der Waals surface area contributed by atoms with Gasteiger partial charge in [0, 0.05) is 32.0 Å². The van der Waals surface area contributed by atoms with Gasteiger partial charge in [0.1, 0.15) is 0 Å². The van der Waals surface area contributed by atoms with Crippen LogP contribution in [0.2, 0.25) is 0 Å². The highest BCUT2D eigenvalue weighted by molar-refractivity contribution is 9.11. The van der Waals surface area contributed by atoms with E-state index in [1.165, 1.54) is 44.5 Å². The molecule has 1 aromatic rings. The van der Waals surface area contributed by atoms with Gasteiger partial charge in [-0.15, -0.1) is 0 Å².